The molecule has 1 aromatic carbocycles. The van der Waals surface area contributed by atoms with Crippen molar-refractivity contribution in [3.05, 3.63) is 35.1 Å². The molecule has 0 aliphatic heterocycles. The molecule has 0 radical (unpaired) electrons. The van der Waals surface area contributed by atoms with Gasteiger partial charge < -0.3 is 0 Å². The fraction of sp³-hybridized carbons (Fsp3) is 0.333. The first-order valence-electron chi connectivity index (χ1n) is 4.17. The van der Waals surface area contributed by atoms with E-state index in [1.807, 2.05) is 0 Å². The molecule has 1 atom stereocenters. The second-order valence-electron chi connectivity index (χ2n) is 3.34. The van der Waals surface area contributed by atoms with Crippen LogP contribution in [0.4, 0.5) is 13.2 Å². The van der Waals surface area contributed by atoms with E-state index in [1.165, 1.54) is 0 Å². The van der Waals surface area contributed by atoms with Gasteiger partial charge in [0.1, 0.15) is 27.3 Å². The lowest BCUT2D eigenvalue weighted by Gasteiger charge is -2.10. The van der Waals surface area contributed by atoms with E-state index in [4.69, 9.17) is 11.6 Å². The Kier molecular flexibility index (Phi) is 3.85. The van der Waals surface area contributed by atoms with Crippen molar-refractivity contribution in [1.82, 2.24) is 0 Å². The van der Waals surface area contributed by atoms with E-state index < -0.39 is 44.0 Å². The summed E-state index contributed by atoms with van der Waals surface area (Å²) in [6.07, 6.45) is 0.891. The highest BCUT2D eigenvalue weighted by atomic mass is 35.5. The monoisotopic (exact) mass is 272 g/mol. The van der Waals surface area contributed by atoms with E-state index >= 15 is 0 Å². The van der Waals surface area contributed by atoms with Crippen molar-refractivity contribution in [3.63, 3.8) is 0 Å². The van der Waals surface area contributed by atoms with Crippen LogP contribution in [-0.4, -0.2) is 20.4 Å². The molecule has 0 fully saturated rings. The molecule has 0 saturated heterocycles. The molecule has 2 nitrogen and oxygen atoms in total. The zero-order chi connectivity index (χ0) is 12.5. The first-order valence-corrected chi connectivity index (χ1v) is 6.66. The SMILES string of the molecule is CS(=O)(=O)CC(Cl)c1c(F)cc(F)cc1F. The van der Waals surface area contributed by atoms with E-state index in [-0.39, 0.29) is 0 Å². The van der Waals surface area contributed by atoms with Crippen LogP contribution in [0.2, 0.25) is 0 Å². The van der Waals surface area contributed by atoms with Crippen molar-refractivity contribution in [2.24, 2.45) is 0 Å². The van der Waals surface area contributed by atoms with Gasteiger partial charge in [-0.3, -0.25) is 0 Å². The van der Waals surface area contributed by atoms with Crippen LogP contribution in [0, 0.1) is 17.5 Å². The van der Waals surface area contributed by atoms with Gasteiger partial charge in [-0.15, -0.1) is 11.6 Å². The maximum Gasteiger partial charge on any atom is 0.149 e. The van der Waals surface area contributed by atoms with E-state index in [9.17, 15) is 21.6 Å². The van der Waals surface area contributed by atoms with Crippen LogP contribution in [0.1, 0.15) is 10.9 Å². The Balaban J connectivity index is 3.14. The average Bonchev–Trinajstić information content (AvgIpc) is 1.96. The number of hydrogen-bond donors (Lipinski definition) is 0. The highest BCUT2D eigenvalue weighted by molar-refractivity contribution is 7.90. The van der Waals surface area contributed by atoms with Crippen LogP contribution in [0.25, 0.3) is 0 Å². The van der Waals surface area contributed by atoms with Crippen molar-refractivity contribution >= 4 is 21.4 Å². The van der Waals surface area contributed by atoms with Gasteiger partial charge in [0.15, 0.2) is 0 Å². The molecular weight excluding hydrogens is 265 g/mol. The lowest BCUT2D eigenvalue weighted by atomic mass is 10.1. The first kappa shape index (κ1) is 13.3. The first-order chi connectivity index (χ1) is 7.20. The van der Waals surface area contributed by atoms with Crippen molar-refractivity contribution < 1.29 is 21.6 Å². The van der Waals surface area contributed by atoms with Crippen molar-refractivity contribution in [2.75, 3.05) is 12.0 Å². The van der Waals surface area contributed by atoms with Crippen LogP contribution >= 0.6 is 11.6 Å². The molecule has 0 N–H and O–H groups in total. The molecular formula is C9H8ClF3O2S. The topological polar surface area (TPSA) is 34.1 Å². The van der Waals surface area contributed by atoms with Crippen LogP contribution in [0.3, 0.4) is 0 Å². The van der Waals surface area contributed by atoms with Gasteiger partial charge >= 0.3 is 0 Å². The van der Waals surface area contributed by atoms with Gasteiger partial charge in [0.2, 0.25) is 0 Å². The Morgan fingerprint density at radius 2 is 1.69 bits per heavy atom. The normalized spacial score (nSPS) is 13.8. The number of benzene rings is 1. The minimum atomic E-state index is -3.47. The second-order valence-corrected chi connectivity index (χ2v) is 6.05. The summed E-state index contributed by atoms with van der Waals surface area (Å²) in [5, 5.41) is -1.38. The van der Waals surface area contributed by atoms with Gasteiger partial charge in [-0.05, 0) is 0 Å². The lowest BCUT2D eigenvalue weighted by Crippen LogP contribution is -2.12. The standard InChI is InChI=1S/C9H8ClF3O2S/c1-16(14,15)4-6(10)9-7(12)2-5(11)3-8(9)13/h2-3,6H,4H2,1H3. The van der Waals surface area contributed by atoms with Crippen molar-refractivity contribution in [1.29, 1.82) is 0 Å². The predicted molar refractivity (Wildman–Crippen MR) is 54.6 cm³/mol. The fourth-order valence-electron chi connectivity index (χ4n) is 1.20. The van der Waals surface area contributed by atoms with Crippen molar-refractivity contribution in [3.8, 4) is 0 Å². The van der Waals surface area contributed by atoms with Gasteiger partial charge in [0.05, 0.1) is 11.1 Å². The molecule has 1 unspecified atom stereocenters. The Morgan fingerprint density at radius 1 is 1.25 bits per heavy atom. The summed E-state index contributed by atoms with van der Waals surface area (Å²) in [4.78, 5) is 0. The number of hydrogen-bond acceptors (Lipinski definition) is 2. The minimum absolute atomic E-state index is 0.454. The molecule has 0 aromatic heterocycles. The fourth-order valence-corrected chi connectivity index (χ4v) is 2.80. The Morgan fingerprint density at radius 3 is 2.06 bits per heavy atom. The highest BCUT2D eigenvalue weighted by Gasteiger charge is 2.22. The second kappa shape index (κ2) is 4.63. The summed E-state index contributed by atoms with van der Waals surface area (Å²) < 4.78 is 60.7. The van der Waals surface area contributed by atoms with Gasteiger partial charge in [-0.2, -0.15) is 0 Å². The van der Waals surface area contributed by atoms with Gasteiger partial charge in [0.25, 0.3) is 0 Å². The molecule has 0 amide bonds. The molecule has 0 spiro atoms. The van der Waals surface area contributed by atoms with Crippen molar-refractivity contribution in [2.45, 2.75) is 5.38 Å². The molecule has 7 heteroatoms. The number of sulfone groups is 1. The van der Waals surface area contributed by atoms with Gasteiger partial charge in [-0.25, -0.2) is 21.6 Å². The zero-order valence-electron chi connectivity index (χ0n) is 8.18. The molecule has 16 heavy (non-hydrogen) atoms. The van der Waals surface area contributed by atoms with Gasteiger partial charge in [0, 0.05) is 24.0 Å². The van der Waals surface area contributed by atoms with E-state index in [1.54, 1.807) is 0 Å². The van der Waals surface area contributed by atoms with Crippen LogP contribution in [0.5, 0.6) is 0 Å². The Bertz CT molecular complexity index is 478. The third-order valence-electron chi connectivity index (χ3n) is 1.81. The zero-order valence-corrected chi connectivity index (χ0v) is 9.75. The molecule has 0 heterocycles. The van der Waals surface area contributed by atoms with Crippen LogP contribution in [0.15, 0.2) is 12.1 Å². The molecule has 1 aromatic rings. The number of alkyl halides is 1. The predicted octanol–water partition coefficient (Wildman–Crippen LogP) is 2.43. The lowest BCUT2D eigenvalue weighted by molar-refractivity contribution is 0.523. The number of rotatable bonds is 3. The summed E-state index contributed by atoms with van der Waals surface area (Å²) in [7, 11) is -3.47. The molecule has 1 rings (SSSR count). The van der Waals surface area contributed by atoms with E-state index in [0.29, 0.717) is 12.1 Å². The summed E-state index contributed by atoms with van der Waals surface area (Å²) in [6.45, 7) is 0. The Labute approximate surface area is 96.0 Å². The maximum absolute atomic E-state index is 13.2. The quantitative estimate of drug-likeness (QED) is 0.792. The maximum atomic E-state index is 13.2. The summed E-state index contributed by atoms with van der Waals surface area (Å²) in [5.74, 6) is -4.09. The smallest absolute Gasteiger partial charge is 0.149 e. The number of halogens is 4. The summed E-state index contributed by atoms with van der Waals surface area (Å²) >= 11 is 5.57. The van der Waals surface area contributed by atoms with Crippen LogP contribution < -0.4 is 0 Å². The average molecular weight is 273 g/mol. The third kappa shape index (κ3) is 3.38. The third-order valence-corrected chi connectivity index (χ3v) is 3.30. The summed E-state index contributed by atoms with van der Waals surface area (Å²) in [6, 6.07) is 0.909. The molecule has 90 valence electrons. The molecule has 0 bridgehead atoms. The highest BCUT2D eigenvalue weighted by Crippen LogP contribution is 2.28. The van der Waals surface area contributed by atoms with E-state index in [0.717, 1.165) is 6.26 Å². The largest absolute Gasteiger partial charge is 0.229 e. The van der Waals surface area contributed by atoms with E-state index in [2.05, 4.69) is 0 Å². The minimum Gasteiger partial charge on any atom is -0.229 e. The molecule has 0 aliphatic rings. The molecule has 0 saturated carbocycles. The molecule has 0 aliphatic carbocycles. The summed E-state index contributed by atoms with van der Waals surface area (Å²) in [5.41, 5.74) is -0.631. The van der Waals surface area contributed by atoms with Gasteiger partial charge in [-0.1, -0.05) is 0 Å². The Hall–Kier alpha value is -0.750. The van der Waals surface area contributed by atoms with Crippen LogP contribution in [-0.2, 0) is 9.84 Å².